The van der Waals surface area contributed by atoms with Crippen LogP contribution < -0.4 is 0 Å². The van der Waals surface area contributed by atoms with Crippen molar-refractivity contribution < 1.29 is 16.4 Å². The Hall–Kier alpha value is -0.200. The Balaban J connectivity index is 2.45. The molecule has 0 bridgehead atoms. The average Bonchev–Trinajstić information content (AvgIpc) is 2.74. The van der Waals surface area contributed by atoms with Crippen molar-refractivity contribution in [3.63, 3.8) is 0 Å². The predicted octanol–water partition coefficient (Wildman–Crippen LogP) is 2.70. The van der Waals surface area contributed by atoms with Crippen LogP contribution in [-0.4, -0.2) is 14.3 Å². The molecule has 0 fully saturated rings. The van der Waals surface area contributed by atoms with E-state index in [4.69, 9.17) is 0 Å². The summed E-state index contributed by atoms with van der Waals surface area (Å²) in [5.41, 5.74) is 3.04. The molecule has 0 aromatic carbocycles. The van der Waals surface area contributed by atoms with Crippen molar-refractivity contribution in [2.24, 2.45) is 0 Å². The Bertz CT molecular complexity index is 598. The first-order valence-electron chi connectivity index (χ1n) is 5.94. The van der Waals surface area contributed by atoms with Gasteiger partial charge in [0.05, 0.1) is 0 Å². The third kappa shape index (κ3) is 3.40. The molecule has 0 aromatic heterocycles. The molecule has 2 rings (SSSR count). The second-order valence-electron chi connectivity index (χ2n) is 5.97. The molecule has 0 aliphatic heterocycles. The maximum atomic E-state index is 2.61. The van der Waals surface area contributed by atoms with Crippen LogP contribution in [0, 0.1) is 0 Å². The van der Waals surface area contributed by atoms with Gasteiger partial charge >= 0.3 is 100 Å². The van der Waals surface area contributed by atoms with E-state index in [-0.39, 0.29) is 0 Å². The Morgan fingerprint density at radius 1 is 1.00 bits per heavy atom. The minimum absolute atomic E-state index is 1.13. The standard InChI is InChI=1S/2C6H6.2CH3.H2Si.Zr/c2*1-6-4-2-3-5-6;;;;/h2*1-4H,5H2;2*1H3;1H2;. The summed E-state index contributed by atoms with van der Waals surface area (Å²) < 4.78 is 10.2. The van der Waals surface area contributed by atoms with Gasteiger partial charge in [-0.05, 0) is 0 Å². The Morgan fingerprint density at radius 3 is 1.75 bits per heavy atom. The van der Waals surface area contributed by atoms with E-state index in [0.717, 1.165) is 12.8 Å². The molecule has 0 nitrogen and oxygen atoms in total. The van der Waals surface area contributed by atoms with E-state index in [9.17, 15) is 0 Å². The monoisotopic (exact) mass is 306 g/mol. The summed E-state index contributed by atoms with van der Waals surface area (Å²) in [4.78, 5) is 0. The van der Waals surface area contributed by atoms with Crippen molar-refractivity contribution in [2.75, 3.05) is 0 Å². The van der Waals surface area contributed by atoms with Crippen molar-refractivity contribution >= 4 is 14.3 Å². The van der Waals surface area contributed by atoms with E-state index in [1.54, 1.807) is 0 Å². The summed E-state index contributed by atoms with van der Waals surface area (Å²) in [6.07, 6.45) is 15.6. The van der Waals surface area contributed by atoms with E-state index in [2.05, 4.69) is 60.0 Å². The predicted molar refractivity (Wildman–Crippen MR) is 76.1 cm³/mol. The van der Waals surface area contributed by atoms with Gasteiger partial charge in [0, 0.05) is 0 Å². The zero-order valence-corrected chi connectivity index (χ0v) is 14.1. The molecule has 0 spiro atoms. The van der Waals surface area contributed by atoms with Crippen molar-refractivity contribution in [2.45, 2.75) is 22.1 Å². The fourth-order valence-electron chi connectivity index (χ4n) is 2.40. The molecular formula is C14H20SiZr. The van der Waals surface area contributed by atoms with Gasteiger partial charge in [0.1, 0.15) is 0 Å². The molecule has 0 heterocycles. The number of hydrogen-bond donors (Lipinski definition) is 0. The topological polar surface area (TPSA) is 0 Å². The second-order valence-corrected chi connectivity index (χ2v) is 35.0. The van der Waals surface area contributed by atoms with Crippen LogP contribution in [0.2, 0.25) is 9.26 Å². The number of allylic oxidation sites excluding steroid dienone is 8. The molecule has 2 aliphatic carbocycles. The molecule has 2 aliphatic rings. The van der Waals surface area contributed by atoms with Gasteiger partial charge in [-0.1, -0.05) is 0 Å². The maximum absolute atomic E-state index is 2.65. The van der Waals surface area contributed by atoms with Crippen molar-refractivity contribution in [3.05, 3.63) is 47.6 Å². The molecule has 0 amide bonds. The average molecular weight is 308 g/mol. The molecule has 0 unspecified atom stereocenters. The Labute approximate surface area is 99.9 Å². The van der Waals surface area contributed by atoms with E-state index in [0.29, 0.717) is 0 Å². The van der Waals surface area contributed by atoms with Crippen molar-refractivity contribution in [1.29, 1.82) is 0 Å². The fourth-order valence-corrected chi connectivity index (χ4v) is 12.7. The summed E-state index contributed by atoms with van der Waals surface area (Å²) >= 11 is -2.65. The van der Waals surface area contributed by atoms with Gasteiger partial charge in [0.2, 0.25) is 0 Å². The first kappa shape index (κ1) is 12.3. The Morgan fingerprint density at radius 2 is 1.44 bits per heavy atom. The number of hydrogen-bond acceptors (Lipinski definition) is 0. The zero-order valence-electron chi connectivity index (χ0n) is 10.2. The third-order valence-electron chi connectivity index (χ3n) is 2.92. The van der Waals surface area contributed by atoms with Crippen molar-refractivity contribution in [1.82, 2.24) is 0 Å². The molecule has 0 radical (unpaired) electrons. The van der Waals surface area contributed by atoms with E-state index >= 15 is 0 Å². The molecule has 84 valence electrons. The molecule has 0 N–H and O–H groups in total. The van der Waals surface area contributed by atoms with Crippen molar-refractivity contribution in [3.8, 4) is 0 Å². The SMILES string of the molecule is [CH3][Zr]([CH3])(=[SiH2])(=[CH]C1=CC=CC1)=[CH]C1=CC=CC1. The summed E-state index contributed by atoms with van der Waals surface area (Å²) in [7, 11) is 0. The fraction of sp³-hybridized carbons (Fsp3) is 0.286. The molecular weight excluding hydrogens is 287 g/mol. The van der Waals surface area contributed by atoms with Crippen LogP contribution in [0.15, 0.2) is 47.6 Å². The first-order valence-corrected chi connectivity index (χ1v) is 19.6. The normalized spacial score (nSPS) is 18.1. The van der Waals surface area contributed by atoms with Gasteiger partial charge in [-0.2, -0.15) is 0 Å². The quantitative estimate of drug-likeness (QED) is 0.688. The van der Waals surface area contributed by atoms with Gasteiger partial charge in [0.25, 0.3) is 0 Å². The van der Waals surface area contributed by atoms with Crippen LogP contribution in [0.1, 0.15) is 12.8 Å². The summed E-state index contributed by atoms with van der Waals surface area (Å²) in [5.74, 6) is 0. The summed E-state index contributed by atoms with van der Waals surface area (Å²) in [6.45, 7) is 2.27. The van der Waals surface area contributed by atoms with Crippen LogP contribution in [0.25, 0.3) is 0 Å². The minimum atomic E-state index is -2.65. The van der Waals surface area contributed by atoms with E-state index in [1.165, 1.54) is 11.1 Å². The summed E-state index contributed by atoms with van der Waals surface area (Å²) in [6, 6.07) is 0. The van der Waals surface area contributed by atoms with Crippen LogP contribution in [0.5, 0.6) is 0 Å². The van der Waals surface area contributed by atoms with Crippen LogP contribution in [0.3, 0.4) is 0 Å². The molecule has 0 saturated heterocycles. The first-order chi connectivity index (χ1) is 7.42. The molecule has 0 atom stereocenters. The van der Waals surface area contributed by atoms with Gasteiger partial charge in [-0.3, -0.25) is 0 Å². The van der Waals surface area contributed by atoms with Gasteiger partial charge in [-0.25, -0.2) is 0 Å². The Kier molecular flexibility index (Phi) is 3.25. The summed E-state index contributed by atoms with van der Waals surface area (Å²) in [5, 5.41) is 0. The molecule has 2 heteroatoms. The molecule has 0 saturated carbocycles. The van der Waals surface area contributed by atoms with Gasteiger partial charge < -0.3 is 0 Å². The van der Waals surface area contributed by atoms with E-state index < -0.39 is 16.4 Å². The molecule has 16 heavy (non-hydrogen) atoms. The number of rotatable bonds is 2. The van der Waals surface area contributed by atoms with Gasteiger partial charge in [-0.15, -0.1) is 0 Å². The van der Waals surface area contributed by atoms with Crippen LogP contribution in [-0.2, 0) is 16.4 Å². The van der Waals surface area contributed by atoms with Crippen LogP contribution >= 0.6 is 0 Å². The van der Waals surface area contributed by atoms with E-state index in [1.807, 2.05) is 0 Å². The van der Waals surface area contributed by atoms with Crippen LogP contribution in [0.4, 0.5) is 0 Å². The third-order valence-corrected chi connectivity index (χ3v) is 11.8. The van der Waals surface area contributed by atoms with Gasteiger partial charge in [0.15, 0.2) is 0 Å². The molecule has 0 aromatic rings. The second kappa shape index (κ2) is 4.23. The zero-order chi connectivity index (χ0) is 11.7.